The van der Waals surface area contributed by atoms with Crippen LogP contribution in [0.4, 0.5) is 0 Å². The normalized spacial score (nSPS) is 11.0. The van der Waals surface area contributed by atoms with Gasteiger partial charge in [-0.15, -0.1) is 0 Å². The fourth-order valence-electron chi connectivity index (χ4n) is 3.94. The van der Waals surface area contributed by atoms with Crippen LogP contribution < -0.4 is 0 Å². The second kappa shape index (κ2) is 26.2. The van der Waals surface area contributed by atoms with Crippen LogP contribution in [0.1, 0.15) is 135 Å². The lowest BCUT2D eigenvalue weighted by molar-refractivity contribution is -0.137. The number of esters is 1. The summed E-state index contributed by atoms with van der Waals surface area (Å²) in [6, 6.07) is 0. The average Bonchev–Trinajstić information content (AvgIpc) is 2.76. The van der Waals surface area contributed by atoms with Crippen LogP contribution in [0, 0.1) is 0 Å². The van der Waals surface area contributed by atoms with E-state index < -0.39 is 0 Å². The highest BCUT2D eigenvalue weighted by Crippen LogP contribution is 2.15. The van der Waals surface area contributed by atoms with Gasteiger partial charge < -0.3 is 9.47 Å². The van der Waals surface area contributed by atoms with E-state index in [1.807, 2.05) is 0 Å². The van der Waals surface area contributed by atoms with Crippen molar-refractivity contribution < 1.29 is 14.3 Å². The molecule has 0 rings (SSSR count). The van der Waals surface area contributed by atoms with Gasteiger partial charge in [-0.2, -0.15) is 0 Å². The van der Waals surface area contributed by atoms with Gasteiger partial charge >= 0.3 is 5.97 Å². The Labute approximate surface area is 188 Å². The molecular weight excluding hydrogens is 372 g/mol. The molecule has 0 aromatic carbocycles. The van der Waals surface area contributed by atoms with Crippen LogP contribution in [0.3, 0.4) is 0 Å². The molecule has 0 bridgehead atoms. The number of rotatable bonds is 25. The number of carbonyl (C=O) groups is 1. The molecule has 3 nitrogen and oxygen atoms in total. The first-order chi connectivity index (χ1) is 14.8. The quantitative estimate of drug-likeness (QED) is 0.0836. The Morgan fingerprint density at radius 1 is 0.533 bits per heavy atom. The number of carbonyl (C=O) groups excluding carboxylic acids is 1. The average molecular weight is 425 g/mol. The van der Waals surface area contributed by atoms with Gasteiger partial charge in [-0.05, 0) is 12.8 Å². The van der Waals surface area contributed by atoms with Crippen molar-refractivity contribution in [2.45, 2.75) is 135 Å². The fraction of sp³-hybridized carbons (Fsp3) is 0.889. The second-order valence-electron chi connectivity index (χ2n) is 8.79. The van der Waals surface area contributed by atoms with Gasteiger partial charge in [0.15, 0.2) is 0 Å². The highest BCUT2D eigenvalue weighted by atomic mass is 16.5. The first kappa shape index (κ1) is 29.2. The van der Waals surface area contributed by atoms with Crippen molar-refractivity contribution in [3.63, 3.8) is 0 Å². The van der Waals surface area contributed by atoms with Crippen molar-refractivity contribution in [2.75, 3.05) is 20.3 Å². The summed E-state index contributed by atoms with van der Waals surface area (Å²) < 4.78 is 10.1. The number of ether oxygens (including phenoxy) is 2. The minimum atomic E-state index is -0.300. The molecule has 0 saturated heterocycles. The van der Waals surface area contributed by atoms with Crippen LogP contribution in [0.25, 0.3) is 0 Å². The Balaban J connectivity index is 3.02. The van der Waals surface area contributed by atoms with E-state index in [1.165, 1.54) is 134 Å². The Kier molecular flexibility index (Phi) is 25.5. The zero-order chi connectivity index (χ0) is 22.0. The van der Waals surface area contributed by atoms with E-state index in [0.717, 1.165) is 13.0 Å². The first-order valence-corrected chi connectivity index (χ1v) is 13.1. The predicted molar refractivity (Wildman–Crippen MR) is 130 cm³/mol. The van der Waals surface area contributed by atoms with Crippen molar-refractivity contribution in [2.24, 2.45) is 0 Å². The Morgan fingerprint density at radius 3 is 1.07 bits per heavy atom. The molecule has 0 aliphatic heterocycles. The van der Waals surface area contributed by atoms with Crippen molar-refractivity contribution in [3.05, 3.63) is 12.7 Å². The van der Waals surface area contributed by atoms with E-state index in [-0.39, 0.29) is 5.97 Å². The van der Waals surface area contributed by atoms with Gasteiger partial charge in [0.05, 0.1) is 6.61 Å². The largest absolute Gasteiger partial charge is 0.463 e. The van der Waals surface area contributed by atoms with Crippen molar-refractivity contribution in [1.82, 2.24) is 0 Å². The van der Waals surface area contributed by atoms with Crippen LogP contribution in [-0.2, 0) is 14.3 Å². The summed E-state index contributed by atoms with van der Waals surface area (Å²) >= 11 is 0. The summed E-state index contributed by atoms with van der Waals surface area (Å²) in [6.07, 6.45) is 29.9. The second-order valence-corrected chi connectivity index (χ2v) is 8.79. The van der Waals surface area contributed by atoms with Gasteiger partial charge in [0.2, 0.25) is 0 Å². The summed E-state index contributed by atoms with van der Waals surface area (Å²) in [6.45, 7) is 4.87. The Morgan fingerprint density at radius 2 is 0.800 bits per heavy atom. The summed E-state index contributed by atoms with van der Waals surface area (Å²) in [5.41, 5.74) is 0. The third-order valence-electron chi connectivity index (χ3n) is 5.90. The molecule has 0 spiro atoms. The molecule has 0 unspecified atom stereocenters. The molecule has 0 radical (unpaired) electrons. The smallest absolute Gasteiger partial charge is 0.330 e. The maximum absolute atomic E-state index is 10.9. The number of unbranched alkanes of at least 4 members (excludes halogenated alkanes) is 20. The van der Waals surface area contributed by atoms with Gasteiger partial charge in [0.1, 0.15) is 0 Å². The van der Waals surface area contributed by atoms with E-state index in [2.05, 4.69) is 6.58 Å². The van der Waals surface area contributed by atoms with E-state index >= 15 is 0 Å². The van der Waals surface area contributed by atoms with E-state index in [9.17, 15) is 4.79 Å². The SMILES string of the molecule is C=CC(=O)OCCCCCCCCCCCCCCCCCCCCCCCOC. The summed E-state index contributed by atoms with van der Waals surface area (Å²) in [5.74, 6) is -0.300. The first-order valence-electron chi connectivity index (χ1n) is 13.1. The monoisotopic (exact) mass is 424 g/mol. The summed E-state index contributed by atoms with van der Waals surface area (Å²) in [5, 5.41) is 0. The van der Waals surface area contributed by atoms with Gasteiger partial charge in [-0.25, -0.2) is 4.79 Å². The third-order valence-corrected chi connectivity index (χ3v) is 5.90. The molecule has 0 N–H and O–H groups in total. The van der Waals surface area contributed by atoms with Gasteiger partial charge in [-0.3, -0.25) is 0 Å². The minimum Gasteiger partial charge on any atom is -0.463 e. The molecule has 0 saturated carbocycles. The van der Waals surface area contributed by atoms with E-state index in [0.29, 0.717) is 6.61 Å². The van der Waals surface area contributed by atoms with Gasteiger partial charge in [-0.1, -0.05) is 129 Å². The zero-order valence-corrected chi connectivity index (χ0v) is 20.3. The molecule has 0 amide bonds. The molecule has 0 aromatic heterocycles. The van der Waals surface area contributed by atoms with Crippen molar-refractivity contribution >= 4 is 5.97 Å². The molecule has 0 atom stereocenters. The van der Waals surface area contributed by atoms with Crippen LogP contribution in [-0.4, -0.2) is 26.3 Å². The van der Waals surface area contributed by atoms with Crippen molar-refractivity contribution in [3.8, 4) is 0 Å². The molecule has 0 aromatic rings. The Hall–Kier alpha value is -0.830. The lowest BCUT2D eigenvalue weighted by Gasteiger charge is -2.04. The van der Waals surface area contributed by atoms with Gasteiger partial charge in [0.25, 0.3) is 0 Å². The molecule has 3 heteroatoms. The van der Waals surface area contributed by atoms with E-state index in [4.69, 9.17) is 9.47 Å². The maximum Gasteiger partial charge on any atom is 0.330 e. The van der Waals surface area contributed by atoms with Crippen LogP contribution in [0.15, 0.2) is 12.7 Å². The minimum absolute atomic E-state index is 0.300. The number of hydrogen-bond donors (Lipinski definition) is 0. The van der Waals surface area contributed by atoms with Crippen molar-refractivity contribution in [1.29, 1.82) is 0 Å². The Bertz CT molecular complexity index is 354. The number of methoxy groups -OCH3 is 1. The van der Waals surface area contributed by atoms with Crippen LogP contribution >= 0.6 is 0 Å². The maximum atomic E-state index is 10.9. The lowest BCUT2D eigenvalue weighted by atomic mass is 10.0. The fourth-order valence-corrected chi connectivity index (χ4v) is 3.94. The zero-order valence-electron chi connectivity index (χ0n) is 20.3. The third kappa shape index (κ3) is 25.2. The molecule has 0 aliphatic carbocycles. The molecular formula is C27H52O3. The highest BCUT2D eigenvalue weighted by molar-refractivity contribution is 5.81. The summed E-state index contributed by atoms with van der Waals surface area (Å²) in [7, 11) is 1.79. The molecule has 0 fully saturated rings. The van der Waals surface area contributed by atoms with Crippen LogP contribution in [0.5, 0.6) is 0 Å². The molecule has 178 valence electrons. The van der Waals surface area contributed by atoms with Gasteiger partial charge in [0, 0.05) is 19.8 Å². The highest BCUT2D eigenvalue weighted by Gasteiger charge is 1.97. The standard InChI is InChI=1S/C27H52O3/c1-3-27(28)30-26-24-22-20-18-16-14-12-10-8-6-4-5-7-9-11-13-15-17-19-21-23-25-29-2/h3H,1,4-26H2,2H3. The topological polar surface area (TPSA) is 35.5 Å². The molecule has 30 heavy (non-hydrogen) atoms. The van der Waals surface area contributed by atoms with E-state index in [1.54, 1.807) is 7.11 Å². The van der Waals surface area contributed by atoms with Crippen LogP contribution in [0.2, 0.25) is 0 Å². The predicted octanol–water partition coefficient (Wildman–Crippen LogP) is 8.55. The lowest BCUT2D eigenvalue weighted by Crippen LogP contribution is -2.01. The molecule has 0 aliphatic rings. The number of hydrogen-bond acceptors (Lipinski definition) is 3. The summed E-state index contributed by atoms with van der Waals surface area (Å²) in [4.78, 5) is 10.9. The molecule has 0 heterocycles.